The molecule has 4 atom stereocenters. The molecule has 0 bridgehead atoms. The third-order valence-corrected chi connectivity index (χ3v) is 6.76. The van der Waals surface area contributed by atoms with Crippen LogP contribution in [-0.4, -0.2) is 33.8 Å². The Morgan fingerprint density at radius 2 is 1.91 bits per heavy atom. The van der Waals surface area contributed by atoms with E-state index in [2.05, 4.69) is 20.1 Å². The number of pyridine rings is 1. The Kier molecular flexibility index (Phi) is 5.51. The summed E-state index contributed by atoms with van der Waals surface area (Å²) in [6.07, 6.45) is 4.24. The SMILES string of the molecule is N[C@H]1C[C@@H]2CN(c3ccc(-c4cc(F)cc(F)c4F)nn3)[C@@H](Cc3cc(Cl)ccn3)[C@H]2C1. The van der Waals surface area contributed by atoms with Gasteiger partial charge in [-0.25, -0.2) is 13.2 Å². The number of nitrogens with zero attached hydrogens (tertiary/aromatic N) is 4. The molecule has 2 aliphatic rings. The average molecular weight is 460 g/mol. The van der Waals surface area contributed by atoms with Crippen LogP contribution in [0.5, 0.6) is 0 Å². The third kappa shape index (κ3) is 3.93. The first kappa shape index (κ1) is 21.2. The second kappa shape index (κ2) is 8.33. The summed E-state index contributed by atoms with van der Waals surface area (Å²) >= 11 is 6.15. The van der Waals surface area contributed by atoms with Gasteiger partial charge in [0.05, 0.1) is 5.69 Å². The molecule has 32 heavy (non-hydrogen) atoms. The van der Waals surface area contributed by atoms with Crippen molar-refractivity contribution in [2.24, 2.45) is 17.6 Å². The molecule has 0 amide bonds. The first-order valence-corrected chi connectivity index (χ1v) is 10.9. The Morgan fingerprint density at radius 3 is 2.66 bits per heavy atom. The molecule has 166 valence electrons. The van der Waals surface area contributed by atoms with E-state index in [1.54, 1.807) is 18.3 Å². The van der Waals surface area contributed by atoms with Gasteiger partial charge < -0.3 is 10.6 Å². The highest BCUT2D eigenvalue weighted by Gasteiger charge is 2.47. The van der Waals surface area contributed by atoms with E-state index < -0.39 is 17.5 Å². The number of anilines is 1. The summed E-state index contributed by atoms with van der Waals surface area (Å²) in [5, 5.41) is 8.99. The van der Waals surface area contributed by atoms with E-state index in [4.69, 9.17) is 17.3 Å². The van der Waals surface area contributed by atoms with Crippen LogP contribution in [0.15, 0.2) is 42.6 Å². The molecule has 2 fully saturated rings. The molecule has 0 spiro atoms. The van der Waals surface area contributed by atoms with Gasteiger partial charge in [-0.05, 0) is 55.0 Å². The van der Waals surface area contributed by atoms with Gasteiger partial charge in [0.2, 0.25) is 0 Å². The molecule has 2 N–H and O–H groups in total. The van der Waals surface area contributed by atoms with Gasteiger partial charge in [-0.3, -0.25) is 4.98 Å². The molecular weight excluding hydrogens is 439 g/mol. The Balaban J connectivity index is 1.45. The van der Waals surface area contributed by atoms with Crippen molar-refractivity contribution in [2.45, 2.75) is 31.3 Å². The number of halogens is 4. The Morgan fingerprint density at radius 1 is 1.06 bits per heavy atom. The predicted molar refractivity (Wildman–Crippen MR) is 116 cm³/mol. The van der Waals surface area contributed by atoms with Crippen LogP contribution in [0.2, 0.25) is 5.02 Å². The molecule has 1 aromatic carbocycles. The molecule has 1 saturated heterocycles. The standard InChI is InChI=1S/C23H21ClF3N5/c24-13-3-4-29-16(6-13)10-21-17-9-15(28)5-12(17)11-32(21)22-2-1-20(30-31-22)18-7-14(25)8-19(26)23(18)27/h1-4,6-8,12,15,17,21H,5,9-11,28H2/t12-,15+,17+,21+/m1/s1. The van der Waals surface area contributed by atoms with Gasteiger partial charge >= 0.3 is 0 Å². The predicted octanol–water partition coefficient (Wildman–Crippen LogP) is 4.39. The van der Waals surface area contributed by atoms with Crippen molar-refractivity contribution in [3.05, 3.63) is 70.8 Å². The van der Waals surface area contributed by atoms with Crippen LogP contribution < -0.4 is 10.6 Å². The van der Waals surface area contributed by atoms with Crippen molar-refractivity contribution in [1.29, 1.82) is 0 Å². The molecule has 3 aromatic rings. The minimum Gasteiger partial charge on any atom is -0.351 e. The van der Waals surface area contributed by atoms with E-state index in [1.807, 2.05) is 6.07 Å². The minimum atomic E-state index is -1.26. The zero-order valence-electron chi connectivity index (χ0n) is 17.1. The van der Waals surface area contributed by atoms with Crippen LogP contribution in [0.4, 0.5) is 19.0 Å². The van der Waals surface area contributed by atoms with Gasteiger partial charge in [0, 0.05) is 53.6 Å². The lowest BCUT2D eigenvalue weighted by Gasteiger charge is -2.29. The van der Waals surface area contributed by atoms with Gasteiger partial charge in [-0.1, -0.05) is 11.6 Å². The Hall–Kier alpha value is -2.71. The first-order chi connectivity index (χ1) is 15.4. The maximum Gasteiger partial charge on any atom is 0.168 e. The molecule has 5 nitrogen and oxygen atoms in total. The second-order valence-electron chi connectivity index (χ2n) is 8.57. The summed E-state index contributed by atoms with van der Waals surface area (Å²) in [5.41, 5.74) is 6.93. The maximum absolute atomic E-state index is 14.1. The molecular formula is C23H21ClF3N5. The largest absolute Gasteiger partial charge is 0.351 e. The van der Waals surface area contributed by atoms with Crippen LogP contribution in [-0.2, 0) is 6.42 Å². The average Bonchev–Trinajstić information content (AvgIpc) is 3.28. The van der Waals surface area contributed by atoms with Crippen molar-refractivity contribution in [2.75, 3.05) is 11.4 Å². The number of benzene rings is 1. The van der Waals surface area contributed by atoms with Crippen molar-refractivity contribution in [3.63, 3.8) is 0 Å². The lowest BCUT2D eigenvalue weighted by atomic mass is 9.91. The Labute approximate surface area is 188 Å². The number of hydrogen-bond donors (Lipinski definition) is 1. The fourth-order valence-corrected chi connectivity index (χ4v) is 5.35. The van der Waals surface area contributed by atoms with Gasteiger partial charge in [0.1, 0.15) is 5.82 Å². The van der Waals surface area contributed by atoms with E-state index in [0.717, 1.165) is 31.1 Å². The smallest absolute Gasteiger partial charge is 0.168 e. The summed E-state index contributed by atoms with van der Waals surface area (Å²) in [7, 11) is 0. The molecule has 0 radical (unpaired) electrons. The number of fused-ring (bicyclic) bond motifs is 1. The number of rotatable bonds is 4. The summed E-state index contributed by atoms with van der Waals surface area (Å²) in [4.78, 5) is 6.64. The quantitative estimate of drug-likeness (QED) is 0.586. The molecule has 1 aliphatic heterocycles. The van der Waals surface area contributed by atoms with E-state index in [0.29, 0.717) is 35.2 Å². The molecule has 1 aliphatic carbocycles. The second-order valence-corrected chi connectivity index (χ2v) is 9.01. The van der Waals surface area contributed by atoms with E-state index in [1.165, 1.54) is 6.07 Å². The normalized spacial score (nSPS) is 24.7. The fraction of sp³-hybridized carbons (Fsp3) is 0.348. The van der Waals surface area contributed by atoms with Crippen LogP contribution >= 0.6 is 11.6 Å². The minimum absolute atomic E-state index is 0.0686. The maximum atomic E-state index is 14.1. The molecule has 1 saturated carbocycles. The summed E-state index contributed by atoms with van der Waals surface area (Å²) in [6.45, 7) is 0.778. The lowest BCUT2D eigenvalue weighted by molar-refractivity contribution is 0.415. The molecule has 0 unspecified atom stereocenters. The van der Waals surface area contributed by atoms with Gasteiger partial charge in [-0.15, -0.1) is 10.2 Å². The van der Waals surface area contributed by atoms with Crippen molar-refractivity contribution >= 4 is 17.4 Å². The lowest BCUT2D eigenvalue weighted by Crippen LogP contribution is -2.37. The molecule has 3 heterocycles. The fourth-order valence-electron chi connectivity index (χ4n) is 5.17. The highest BCUT2D eigenvalue weighted by atomic mass is 35.5. The van der Waals surface area contributed by atoms with Crippen molar-refractivity contribution in [1.82, 2.24) is 15.2 Å². The highest BCUT2D eigenvalue weighted by Crippen LogP contribution is 2.44. The zero-order valence-corrected chi connectivity index (χ0v) is 17.8. The number of nitrogens with two attached hydrogens (primary N) is 1. The molecule has 2 aromatic heterocycles. The molecule has 5 rings (SSSR count). The van der Waals surface area contributed by atoms with Crippen molar-refractivity contribution < 1.29 is 13.2 Å². The third-order valence-electron chi connectivity index (χ3n) is 6.52. The topological polar surface area (TPSA) is 67.9 Å². The molecule has 9 heteroatoms. The Bertz CT molecular complexity index is 1140. The van der Waals surface area contributed by atoms with Crippen LogP contribution in [0.3, 0.4) is 0 Å². The van der Waals surface area contributed by atoms with Gasteiger partial charge in [-0.2, -0.15) is 0 Å². The summed E-state index contributed by atoms with van der Waals surface area (Å²) in [6, 6.07) is 8.56. The number of hydrogen-bond acceptors (Lipinski definition) is 5. The van der Waals surface area contributed by atoms with Crippen LogP contribution in [0.1, 0.15) is 18.5 Å². The van der Waals surface area contributed by atoms with E-state index >= 15 is 0 Å². The van der Waals surface area contributed by atoms with Crippen LogP contribution in [0.25, 0.3) is 11.3 Å². The van der Waals surface area contributed by atoms with Crippen molar-refractivity contribution in [3.8, 4) is 11.3 Å². The van der Waals surface area contributed by atoms with Crippen LogP contribution in [0, 0.1) is 29.3 Å². The summed E-state index contributed by atoms with van der Waals surface area (Å²) < 4.78 is 41.3. The number of aromatic nitrogens is 3. The zero-order chi connectivity index (χ0) is 22.4. The summed E-state index contributed by atoms with van der Waals surface area (Å²) in [5.74, 6) is -1.83. The monoisotopic (exact) mass is 459 g/mol. The van der Waals surface area contributed by atoms with Gasteiger partial charge in [0.15, 0.2) is 17.5 Å². The van der Waals surface area contributed by atoms with E-state index in [-0.39, 0.29) is 23.3 Å². The first-order valence-electron chi connectivity index (χ1n) is 10.5. The van der Waals surface area contributed by atoms with Gasteiger partial charge in [0.25, 0.3) is 0 Å². The van der Waals surface area contributed by atoms with E-state index in [9.17, 15) is 13.2 Å². The highest BCUT2D eigenvalue weighted by molar-refractivity contribution is 6.30.